The fourth-order valence-electron chi connectivity index (χ4n) is 3.11. The summed E-state index contributed by atoms with van der Waals surface area (Å²) in [7, 11) is 0. The van der Waals surface area contributed by atoms with Gasteiger partial charge in [0.2, 0.25) is 0 Å². The summed E-state index contributed by atoms with van der Waals surface area (Å²) in [5, 5.41) is 2.87. The van der Waals surface area contributed by atoms with Gasteiger partial charge in [0, 0.05) is 17.4 Å². The number of aromatic amines is 1. The Morgan fingerprint density at radius 2 is 1.90 bits per heavy atom. The molecule has 0 radical (unpaired) electrons. The fourth-order valence-corrected chi connectivity index (χ4v) is 3.11. The molecule has 1 N–H and O–H groups in total. The molecule has 1 amide bonds. The molecular weight excluding hydrogens is 373 g/mol. The minimum Gasteiger partial charge on any atom is -0.301 e. The third-order valence-electron chi connectivity index (χ3n) is 4.48. The zero-order chi connectivity index (χ0) is 20.5. The van der Waals surface area contributed by atoms with E-state index in [1.807, 2.05) is 25.1 Å². The van der Waals surface area contributed by atoms with Crippen LogP contribution in [0.3, 0.4) is 0 Å². The first-order valence-corrected chi connectivity index (χ1v) is 9.01. The highest BCUT2D eigenvalue weighted by molar-refractivity contribution is 6.06. The molecule has 146 valence electrons. The van der Waals surface area contributed by atoms with E-state index in [9.17, 15) is 14.0 Å². The molecule has 2 aromatic carbocycles. The van der Waals surface area contributed by atoms with Crippen LogP contribution in [0.4, 0.5) is 10.1 Å². The highest BCUT2D eigenvalue weighted by atomic mass is 19.1. The minimum atomic E-state index is -0.603. The summed E-state index contributed by atoms with van der Waals surface area (Å²) in [6, 6.07) is 14.5. The number of anilines is 1. The van der Waals surface area contributed by atoms with Gasteiger partial charge in [-0.2, -0.15) is 9.50 Å². The minimum absolute atomic E-state index is 0.0124. The molecular formula is C21H18FN5O2. The standard InChI is InChI=1S/C21H18FN5O2/c1-13-6-5-7-15(10-13)26(20(29)16-8-3-4-9-17(16)22)12-18-24-21-23-14(2)11-19(28)27(21)25-18/h3-11H,12H2,1-2H3,(H,23,24,25). The van der Waals surface area contributed by atoms with Crippen LogP contribution in [0.15, 0.2) is 59.4 Å². The number of rotatable bonds is 4. The molecule has 0 unspecified atom stereocenters. The predicted octanol–water partition coefficient (Wildman–Crippen LogP) is 3.02. The second-order valence-corrected chi connectivity index (χ2v) is 6.75. The van der Waals surface area contributed by atoms with Gasteiger partial charge in [-0.25, -0.2) is 9.37 Å². The van der Waals surface area contributed by atoms with Gasteiger partial charge in [0.15, 0.2) is 0 Å². The maximum Gasteiger partial charge on any atom is 0.274 e. The summed E-state index contributed by atoms with van der Waals surface area (Å²) in [4.78, 5) is 35.3. The van der Waals surface area contributed by atoms with Crippen molar-refractivity contribution < 1.29 is 9.18 Å². The highest BCUT2D eigenvalue weighted by Gasteiger charge is 2.22. The number of H-pyrrole nitrogens is 1. The van der Waals surface area contributed by atoms with Gasteiger partial charge in [-0.15, -0.1) is 0 Å². The number of carbonyl (C=O) groups excluding carboxylic acids is 1. The van der Waals surface area contributed by atoms with E-state index >= 15 is 0 Å². The molecule has 0 bridgehead atoms. The van der Waals surface area contributed by atoms with E-state index in [2.05, 4.69) is 15.1 Å². The Labute approximate surface area is 165 Å². The lowest BCUT2D eigenvalue weighted by atomic mass is 10.1. The van der Waals surface area contributed by atoms with Crippen LogP contribution in [-0.2, 0) is 6.54 Å². The Kier molecular flexibility index (Phi) is 4.67. The molecule has 0 fully saturated rings. The predicted molar refractivity (Wildman–Crippen MR) is 106 cm³/mol. The Hall–Kier alpha value is -3.81. The summed E-state index contributed by atoms with van der Waals surface area (Å²) in [5.41, 5.74) is 1.75. The average molecular weight is 391 g/mol. The third-order valence-corrected chi connectivity index (χ3v) is 4.48. The van der Waals surface area contributed by atoms with Crippen molar-refractivity contribution in [1.82, 2.24) is 19.6 Å². The zero-order valence-electron chi connectivity index (χ0n) is 15.9. The monoisotopic (exact) mass is 391 g/mol. The third kappa shape index (κ3) is 3.64. The van der Waals surface area contributed by atoms with Gasteiger partial charge >= 0.3 is 0 Å². The van der Waals surface area contributed by atoms with Gasteiger partial charge in [0.05, 0.1) is 12.1 Å². The van der Waals surface area contributed by atoms with Crippen molar-refractivity contribution >= 4 is 17.4 Å². The molecule has 8 heteroatoms. The number of halogens is 1. The fraction of sp³-hybridized carbons (Fsp3) is 0.143. The zero-order valence-corrected chi connectivity index (χ0v) is 15.9. The molecule has 2 aromatic heterocycles. The topological polar surface area (TPSA) is 83.4 Å². The first-order chi connectivity index (χ1) is 13.9. The van der Waals surface area contributed by atoms with Gasteiger partial charge in [-0.3, -0.25) is 14.7 Å². The number of hydrogen-bond donors (Lipinski definition) is 1. The van der Waals surface area contributed by atoms with Crippen molar-refractivity contribution in [2.24, 2.45) is 0 Å². The van der Waals surface area contributed by atoms with Crippen LogP contribution in [0, 0.1) is 19.7 Å². The lowest BCUT2D eigenvalue weighted by Gasteiger charge is -2.22. The maximum atomic E-state index is 14.3. The largest absolute Gasteiger partial charge is 0.301 e. The van der Waals surface area contributed by atoms with Gasteiger partial charge in [0.25, 0.3) is 17.2 Å². The summed E-state index contributed by atoms with van der Waals surface area (Å²) in [5.74, 6) is -0.544. The lowest BCUT2D eigenvalue weighted by Crippen LogP contribution is -2.31. The molecule has 0 aliphatic heterocycles. The van der Waals surface area contributed by atoms with Gasteiger partial charge < -0.3 is 4.90 Å². The number of benzene rings is 2. The van der Waals surface area contributed by atoms with Crippen LogP contribution < -0.4 is 10.5 Å². The van der Waals surface area contributed by atoms with Crippen LogP contribution in [0.2, 0.25) is 0 Å². The Balaban J connectivity index is 1.79. The van der Waals surface area contributed by atoms with Crippen LogP contribution in [0.25, 0.3) is 5.78 Å². The number of hydrogen-bond acceptors (Lipinski definition) is 4. The quantitative estimate of drug-likeness (QED) is 0.580. The molecule has 0 spiro atoms. The number of nitrogens with one attached hydrogen (secondary N) is 1. The first-order valence-electron chi connectivity index (χ1n) is 9.01. The normalized spacial score (nSPS) is 11.0. The molecule has 4 aromatic rings. The molecule has 0 aliphatic carbocycles. The number of fused-ring (bicyclic) bond motifs is 1. The molecule has 4 rings (SSSR count). The molecule has 0 saturated heterocycles. The van der Waals surface area contributed by atoms with Crippen molar-refractivity contribution in [3.8, 4) is 0 Å². The van der Waals surface area contributed by atoms with Crippen molar-refractivity contribution in [1.29, 1.82) is 0 Å². The van der Waals surface area contributed by atoms with E-state index in [1.165, 1.54) is 33.7 Å². The number of nitrogens with zero attached hydrogens (tertiary/aromatic N) is 4. The van der Waals surface area contributed by atoms with E-state index in [0.717, 1.165) is 5.56 Å². The SMILES string of the molecule is Cc1cccc(N(Cc2nc3nc(C)cc(=O)n3[nH]2)C(=O)c2ccccc2F)c1. The second kappa shape index (κ2) is 7.31. The molecule has 0 atom stereocenters. The van der Waals surface area contributed by atoms with E-state index in [-0.39, 0.29) is 23.4 Å². The highest BCUT2D eigenvalue weighted by Crippen LogP contribution is 2.22. The van der Waals surface area contributed by atoms with Crippen LogP contribution >= 0.6 is 0 Å². The maximum absolute atomic E-state index is 14.3. The van der Waals surface area contributed by atoms with Crippen LogP contribution in [0.1, 0.15) is 27.4 Å². The van der Waals surface area contributed by atoms with E-state index < -0.39 is 11.7 Å². The van der Waals surface area contributed by atoms with Gasteiger partial charge in [-0.05, 0) is 43.7 Å². The second-order valence-electron chi connectivity index (χ2n) is 6.75. The molecule has 2 heterocycles. The van der Waals surface area contributed by atoms with E-state index in [0.29, 0.717) is 17.2 Å². The summed E-state index contributed by atoms with van der Waals surface area (Å²) < 4.78 is 15.5. The van der Waals surface area contributed by atoms with E-state index in [4.69, 9.17) is 0 Å². The summed E-state index contributed by atoms with van der Waals surface area (Å²) in [6.07, 6.45) is 0. The Morgan fingerprint density at radius 1 is 1.10 bits per heavy atom. The Morgan fingerprint density at radius 3 is 2.66 bits per heavy atom. The average Bonchev–Trinajstić information content (AvgIpc) is 3.09. The van der Waals surface area contributed by atoms with Crippen LogP contribution in [-0.4, -0.2) is 25.5 Å². The summed E-state index contributed by atoms with van der Waals surface area (Å²) in [6.45, 7) is 3.62. The number of aromatic nitrogens is 4. The van der Waals surface area contributed by atoms with Gasteiger partial charge in [0.1, 0.15) is 11.6 Å². The van der Waals surface area contributed by atoms with Gasteiger partial charge in [-0.1, -0.05) is 24.3 Å². The Bertz CT molecular complexity index is 1280. The smallest absolute Gasteiger partial charge is 0.274 e. The van der Waals surface area contributed by atoms with Crippen molar-refractivity contribution in [2.75, 3.05) is 4.90 Å². The summed E-state index contributed by atoms with van der Waals surface area (Å²) >= 11 is 0. The molecule has 0 saturated carbocycles. The van der Waals surface area contributed by atoms with Crippen molar-refractivity contribution in [3.63, 3.8) is 0 Å². The molecule has 0 aliphatic rings. The van der Waals surface area contributed by atoms with Crippen molar-refractivity contribution in [3.05, 3.63) is 93.4 Å². The molecule has 7 nitrogen and oxygen atoms in total. The number of aryl methyl sites for hydroxylation is 2. The lowest BCUT2D eigenvalue weighted by molar-refractivity contribution is 0.0980. The number of carbonyl (C=O) groups is 1. The number of amides is 1. The first kappa shape index (κ1) is 18.5. The van der Waals surface area contributed by atoms with Crippen molar-refractivity contribution in [2.45, 2.75) is 20.4 Å². The van der Waals surface area contributed by atoms with E-state index in [1.54, 1.807) is 19.1 Å². The molecule has 29 heavy (non-hydrogen) atoms. The van der Waals surface area contributed by atoms with Crippen LogP contribution in [0.5, 0.6) is 0 Å².